The maximum absolute atomic E-state index is 11.2. The van der Waals surface area contributed by atoms with Crippen LogP contribution in [0.5, 0.6) is 0 Å². The molecule has 0 radical (unpaired) electrons. The lowest BCUT2D eigenvalue weighted by atomic mass is 10.1. The van der Waals surface area contributed by atoms with Crippen LogP contribution >= 0.6 is 15.9 Å². The van der Waals surface area contributed by atoms with Gasteiger partial charge >= 0.3 is 16.1 Å². The Bertz CT molecular complexity index is 397. The van der Waals surface area contributed by atoms with Gasteiger partial charge in [0.2, 0.25) is 5.44 Å². The molecule has 0 saturated carbocycles. The van der Waals surface area contributed by atoms with E-state index in [0.717, 1.165) is 19.3 Å². The van der Waals surface area contributed by atoms with Crippen molar-refractivity contribution in [2.45, 2.75) is 89.4 Å². The number of hydrogen-bond acceptors (Lipinski definition) is 4. The molecular formula is C16H31BrO5S. The third-order valence-electron chi connectivity index (χ3n) is 3.75. The van der Waals surface area contributed by atoms with E-state index in [9.17, 15) is 13.2 Å². The summed E-state index contributed by atoms with van der Waals surface area (Å²) in [5, 5.41) is -0.0860. The lowest BCUT2D eigenvalue weighted by Crippen LogP contribution is -2.27. The molecule has 0 saturated heterocycles. The highest BCUT2D eigenvalue weighted by atomic mass is 79.9. The molecule has 0 aliphatic carbocycles. The normalized spacial score (nSPS) is 13.0. The van der Waals surface area contributed by atoms with Gasteiger partial charge in [-0.2, -0.15) is 8.42 Å². The Labute approximate surface area is 149 Å². The summed E-state index contributed by atoms with van der Waals surface area (Å²) in [4.78, 5) is 11.1. The molecule has 0 aliphatic rings. The van der Waals surface area contributed by atoms with Crippen LogP contribution in [0, 0.1) is 0 Å². The molecule has 0 spiro atoms. The molecule has 1 atom stereocenters. The monoisotopic (exact) mass is 414 g/mol. The van der Waals surface area contributed by atoms with Gasteiger partial charge in [0.15, 0.2) is 0 Å². The fourth-order valence-electron chi connectivity index (χ4n) is 2.42. The fraction of sp³-hybridized carbons (Fsp3) is 0.938. The summed E-state index contributed by atoms with van der Waals surface area (Å²) in [5.41, 5.74) is -1.44. The van der Waals surface area contributed by atoms with E-state index in [0.29, 0.717) is 6.42 Å². The number of carbonyl (C=O) groups is 1. The molecule has 0 aromatic rings. The maximum atomic E-state index is 11.2. The van der Waals surface area contributed by atoms with E-state index in [1.807, 2.05) is 0 Å². The molecule has 0 aromatic heterocycles. The first-order valence-corrected chi connectivity index (χ1v) is 11.3. The quantitative estimate of drug-likeness (QED) is 0.179. The average molecular weight is 415 g/mol. The zero-order chi connectivity index (χ0) is 17.6. The molecular weight excluding hydrogens is 384 g/mol. The van der Waals surface area contributed by atoms with Gasteiger partial charge in [-0.25, -0.2) is 0 Å². The van der Waals surface area contributed by atoms with Crippen molar-refractivity contribution in [1.29, 1.82) is 0 Å². The Morgan fingerprint density at radius 1 is 0.957 bits per heavy atom. The highest BCUT2D eigenvalue weighted by Gasteiger charge is 2.26. The Morgan fingerprint density at radius 3 is 1.78 bits per heavy atom. The third-order valence-corrected chi connectivity index (χ3v) is 5.20. The molecule has 7 heteroatoms. The number of esters is 1. The molecule has 5 nitrogen and oxygen atoms in total. The number of alkyl halides is 1. The predicted molar refractivity (Wildman–Crippen MR) is 96.3 cm³/mol. The van der Waals surface area contributed by atoms with Crippen molar-refractivity contribution in [3.8, 4) is 0 Å². The van der Waals surface area contributed by atoms with Crippen molar-refractivity contribution in [1.82, 2.24) is 0 Å². The van der Waals surface area contributed by atoms with Gasteiger partial charge in [0, 0.05) is 6.42 Å². The summed E-state index contributed by atoms with van der Waals surface area (Å²) in [7, 11) is -4.35. The molecule has 0 heterocycles. The second-order valence-electron chi connectivity index (χ2n) is 5.89. The average Bonchev–Trinajstić information content (AvgIpc) is 2.50. The van der Waals surface area contributed by atoms with E-state index >= 15 is 0 Å². The zero-order valence-electron chi connectivity index (χ0n) is 14.1. The van der Waals surface area contributed by atoms with Gasteiger partial charge in [0.1, 0.15) is 5.33 Å². The predicted octanol–water partition coefficient (Wildman–Crippen LogP) is 4.84. The van der Waals surface area contributed by atoms with Gasteiger partial charge in [-0.3, -0.25) is 9.35 Å². The summed E-state index contributed by atoms with van der Waals surface area (Å²) >= 11 is 2.90. The molecule has 138 valence electrons. The number of carbonyl (C=O) groups excluding carboxylic acids is 1. The lowest BCUT2D eigenvalue weighted by Gasteiger charge is -2.14. The molecule has 0 bridgehead atoms. The first-order valence-electron chi connectivity index (χ1n) is 8.63. The lowest BCUT2D eigenvalue weighted by molar-refractivity contribution is -0.142. The van der Waals surface area contributed by atoms with Crippen molar-refractivity contribution >= 4 is 32.0 Å². The minimum atomic E-state index is -4.35. The first-order chi connectivity index (χ1) is 10.9. The van der Waals surface area contributed by atoms with Gasteiger partial charge in [0.05, 0.1) is 0 Å². The van der Waals surface area contributed by atoms with Crippen LogP contribution in [0.15, 0.2) is 0 Å². The largest absolute Gasteiger partial charge is 0.443 e. The number of halogens is 1. The van der Waals surface area contributed by atoms with Crippen LogP contribution in [0.25, 0.3) is 0 Å². The number of ether oxygens (including phenoxy) is 1. The molecule has 0 fully saturated rings. The van der Waals surface area contributed by atoms with E-state index in [1.54, 1.807) is 0 Å². The highest BCUT2D eigenvalue weighted by Crippen LogP contribution is 2.15. The molecule has 0 aliphatic heterocycles. The van der Waals surface area contributed by atoms with E-state index in [4.69, 9.17) is 9.29 Å². The molecule has 0 aromatic carbocycles. The Hall–Kier alpha value is -0.140. The number of rotatable bonds is 15. The Morgan fingerprint density at radius 2 is 1.39 bits per heavy atom. The second-order valence-corrected chi connectivity index (χ2v) is 8.01. The molecule has 0 amide bonds. The highest BCUT2D eigenvalue weighted by molar-refractivity contribution is 9.09. The number of hydrogen-bond donors (Lipinski definition) is 1. The van der Waals surface area contributed by atoms with Crippen molar-refractivity contribution in [2.75, 3.05) is 5.33 Å². The van der Waals surface area contributed by atoms with Crippen LogP contribution in [-0.2, 0) is 19.6 Å². The minimum absolute atomic E-state index is 0.0860. The third kappa shape index (κ3) is 14.0. The van der Waals surface area contributed by atoms with Crippen molar-refractivity contribution in [3.05, 3.63) is 0 Å². The van der Waals surface area contributed by atoms with Gasteiger partial charge in [-0.15, -0.1) is 0 Å². The maximum Gasteiger partial charge on any atom is 0.317 e. The Balaban J connectivity index is 3.65. The molecule has 0 rings (SSSR count). The molecule has 1 unspecified atom stereocenters. The first kappa shape index (κ1) is 22.9. The SMILES string of the molecule is CCCCCCCCCCCCCC(OC(=O)CBr)S(=O)(=O)O. The fourth-order valence-corrected chi connectivity index (χ4v) is 3.25. The van der Waals surface area contributed by atoms with Crippen molar-refractivity contribution in [2.24, 2.45) is 0 Å². The van der Waals surface area contributed by atoms with Crippen LogP contribution in [0.1, 0.15) is 84.0 Å². The van der Waals surface area contributed by atoms with Gasteiger partial charge in [-0.1, -0.05) is 87.1 Å². The number of unbranched alkanes of at least 4 members (excludes halogenated alkanes) is 10. The van der Waals surface area contributed by atoms with Crippen molar-refractivity contribution < 1.29 is 22.5 Å². The van der Waals surface area contributed by atoms with Crippen LogP contribution < -0.4 is 0 Å². The zero-order valence-corrected chi connectivity index (χ0v) is 16.5. The summed E-state index contributed by atoms with van der Waals surface area (Å²) in [6, 6.07) is 0. The Kier molecular flexibility index (Phi) is 14.1. The van der Waals surface area contributed by atoms with E-state index in [-0.39, 0.29) is 11.8 Å². The molecule has 1 N–H and O–H groups in total. The smallest absolute Gasteiger partial charge is 0.317 e. The van der Waals surface area contributed by atoms with Crippen LogP contribution in [0.3, 0.4) is 0 Å². The standard InChI is InChI=1S/C16H31BrO5S/c1-2-3-4-5-6-7-8-9-10-11-12-13-16(23(19,20)21)22-15(18)14-17/h16H,2-14H2,1H3,(H,19,20,21). The summed E-state index contributed by atoms with van der Waals surface area (Å²) in [5.74, 6) is -0.685. The van der Waals surface area contributed by atoms with Crippen LogP contribution in [-0.4, -0.2) is 29.7 Å². The summed E-state index contributed by atoms with van der Waals surface area (Å²) in [6.07, 6.45) is 12.9. The van der Waals surface area contributed by atoms with Gasteiger partial charge < -0.3 is 4.74 Å². The second kappa shape index (κ2) is 14.2. The van der Waals surface area contributed by atoms with E-state index in [2.05, 4.69) is 22.9 Å². The van der Waals surface area contributed by atoms with Gasteiger partial charge in [-0.05, 0) is 6.42 Å². The van der Waals surface area contributed by atoms with Crippen LogP contribution in [0.2, 0.25) is 0 Å². The van der Waals surface area contributed by atoms with Gasteiger partial charge in [0.25, 0.3) is 0 Å². The van der Waals surface area contributed by atoms with E-state index < -0.39 is 21.5 Å². The topological polar surface area (TPSA) is 80.7 Å². The van der Waals surface area contributed by atoms with Crippen LogP contribution in [0.4, 0.5) is 0 Å². The van der Waals surface area contributed by atoms with E-state index in [1.165, 1.54) is 44.9 Å². The minimum Gasteiger partial charge on any atom is -0.443 e. The van der Waals surface area contributed by atoms with Crippen molar-refractivity contribution in [3.63, 3.8) is 0 Å². The molecule has 23 heavy (non-hydrogen) atoms. The summed E-state index contributed by atoms with van der Waals surface area (Å²) < 4.78 is 36.1. The summed E-state index contributed by atoms with van der Waals surface area (Å²) in [6.45, 7) is 2.22.